The minimum Gasteiger partial charge on any atom is -0.340 e. The standard InChI is InChI=1S/C22H26N4S/c1-4-11-25(12-5-2)22(27)23-26-15-16-14-20-17(9-7-13-24(20)3)18-8-6-10-19(26)21(16)18/h4-6,8-10,15,20H,1-2,7,11-14H2,3H3,(H,23,27)/t20-/m1/s1. The van der Waals surface area contributed by atoms with Crippen molar-refractivity contribution in [2.45, 2.75) is 18.9 Å². The number of fused-ring (bicyclic) bond motifs is 2. The summed E-state index contributed by atoms with van der Waals surface area (Å²) in [6.07, 6.45) is 10.5. The summed E-state index contributed by atoms with van der Waals surface area (Å²) in [6.45, 7) is 10.2. The number of nitrogens with one attached hydrogen (secondary N) is 1. The van der Waals surface area contributed by atoms with Crippen LogP contribution in [0.15, 0.2) is 55.8 Å². The van der Waals surface area contributed by atoms with Crippen molar-refractivity contribution >= 4 is 33.8 Å². The van der Waals surface area contributed by atoms with Crippen LogP contribution in [0.4, 0.5) is 0 Å². The van der Waals surface area contributed by atoms with Crippen molar-refractivity contribution in [3.8, 4) is 0 Å². The van der Waals surface area contributed by atoms with Gasteiger partial charge < -0.3 is 4.90 Å². The Labute approximate surface area is 166 Å². The molecule has 5 heteroatoms. The fraction of sp³-hybridized carbons (Fsp3) is 0.318. The van der Waals surface area contributed by atoms with Gasteiger partial charge >= 0.3 is 0 Å². The van der Waals surface area contributed by atoms with Crippen molar-refractivity contribution in [3.05, 3.63) is 66.9 Å². The minimum absolute atomic E-state index is 0.470. The van der Waals surface area contributed by atoms with E-state index >= 15 is 0 Å². The second kappa shape index (κ2) is 7.33. The lowest BCUT2D eigenvalue weighted by Crippen LogP contribution is -2.39. The minimum atomic E-state index is 0.470. The van der Waals surface area contributed by atoms with Gasteiger partial charge in [-0.2, -0.15) is 0 Å². The summed E-state index contributed by atoms with van der Waals surface area (Å²) in [5, 5.41) is 2.03. The Morgan fingerprint density at radius 3 is 2.85 bits per heavy atom. The molecule has 1 aromatic carbocycles. The van der Waals surface area contributed by atoms with Gasteiger partial charge in [0.15, 0.2) is 5.11 Å². The second-order valence-corrected chi connectivity index (χ2v) is 7.66. The van der Waals surface area contributed by atoms with Gasteiger partial charge in [-0.1, -0.05) is 30.4 Å². The molecule has 1 atom stereocenters. The zero-order chi connectivity index (χ0) is 19.0. The molecule has 2 aliphatic rings. The highest BCUT2D eigenvalue weighted by atomic mass is 32.1. The van der Waals surface area contributed by atoms with Crippen LogP contribution < -0.4 is 5.43 Å². The summed E-state index contributed by atoms with van der Waals surface area (Å²) >= 11 is 5.64. The number of aromatic nitrogens is 1. The molecule has 0 radical (unpaired) electrons. The predicted molar refractivity (Wildman–Crippen MR) is 119 cm³/mol. The van der Waals surface area contributed by atoms with Crippen LogP contribution in [0.5, 0.6) is 0 Å². The Morgan fingerprint density at radius 2 is 2.11 bits per heavy atom. The van der Waals surface area contributed by atoms with Gasteiger partial charge in [-0.05, 0) is 54.9 Å². The molecule has 0 saturated carbocycles. The van der Waals surface area contributed by atoms with Crippen molar-refractivity contribution in [1.82, 2.24) is 14.5 Å². The van der Waals surface area contributed by atoms with Gasteiger partial charge in [-0.3, -0.25) is 15.0 Å². The predicted octanol–water partition coefficient (Wildman–Crippen LogP) is 3.79. The molecule has 4 nitrogen and oxygen atoms in total. The van der Waals surface area contributed by atoms with Crippen LogP contribution in [0.25, 0.3) is 16.5 Å². The number of benzene rings is 1. The third-order valence-electron chi connectivity index (χ3n) is 5.57. The smallest absolute Gasteiger partial charge is 0.188 e. The third-order valence-corrected chi connectivity index (χ3v) is 5.92. The first-order chi connectivity index (χ1) is 13.1. The maximum atomic E-state index is 5.64. The maximum Gasteiger partial charge on any atom is 0.188 e. The highest BCUT2D eigenvalue weighted by Crippen LogP contribution is 2.40. The second-order valence-electron chi connectivity index (χ2n) is 7.27. The van der Waals surface area contributed by atoms with E-state index < -0.39 is 0 Å². The zero-order valence-electron chi connectivity index (χ0n) is 15.8. The number of nitrogens with zero attached hydrogens (tertiary/aromatic N) is 3. The Hall–Kier alpha value is -2.37. The fourth-order valence-corrected chi connectivity index (χ4v) is 4.55. The average Bonchev–Trinajstić information content (AvgIpc) is 3.01. The van der Waals surface area contributed by atoms with Crippen molar-refractivity contribution < 1.29 is 0 Å². The molecule has 0 spiro atoms. The lowest BCUT2D eigenvalue weighted by Gasteiger charge is -2.36. The number of thiocarbonyl (C=S) groups is 1. The van der Waals surface area contributed by atoms with Crippen LogP contribution in [0, 0.1) is 0 Å². The average molecular weight is 379 g/mol. The monoisotopic (exact) mass is 378 g/mol. The molecule has 1 aliphatic carbocycles. The van der Waals surface area contributed by atoms with Crippen LogP contribution in [0.1, 0.15) is 17.5 Å². The van der Waals surface area contributed by atoms with Gasteiger partial charge in [0.05, 0.1) is 5.52 Å². The lowest BCUT2D eigenvalue weighted by molar-refractivity contribution is 0.282. The largest absolute Gasteiger partial charge is 0.340 e. The quantitative estimate of drug-likeness (QED) is 0.632. The lowest BCUT2D eigenvalue weighted by atomic mass is 9.82. The van der Waals surface area contributed by atoms with E-state index in [0.29, 0.717) is 24.2 Å². The fourth-order valence-electron chi connectivity index (χ4n) is 4.30. The van der Waals surface area contributed by atoms with E-state index in [0.717, 1.165) is 19.4 Å². The third kappa shape index (κ3) is 3.11. The van der Waals surface area contributed by atoms with E-state index in [-0.39, 0.29) is 0 Å². The van der Waals surface area contributed by atoms with Gasteiger partial charge in [0.25, 0.3) is 0 Å². The van der Waals surface area contributed by atoms with Crippen molar-refractivity contribution in [1.29, 1.82) is 0 Å². The van der Waals surface area contributed by atoms with Gasteiger partial charge in [0, 0.05) is 37.3 Å². The highest BCUT2D eigenvalue weighted by Gasteiger charge is 2.31. The Morgan fingerprint density at radius 1 is 1.33 bits per heavy atom. The number of hydrogen-bond donors (Lipinski definition) is 1. The van der Waals surface area contributed by atoms with Crippen LogP contribution in [0.2, 0.25) is 0 Å². The first-order valence-corrected chi connectivity index (χ1v) is 9.86. The summed E-state index contributed by atoms with van der Waals surface area (Å²) in [7, 11) is 2.23. The molecule has 2 aromatic rings. The molecule has 1 aliphatic heterocycles. The first kappa shape index (κ1) is 18.0. The van der Waals surface area contributed by atoms with Crippen LogP contribution in [-0.2, 0) is 6.42 Å². The van der Waals surface area contributed by atoms with Crippen molar-refractivity contribution in [3.63, 3.8) is 0 Å². The summed E-state index contributed by atoms with van der Waals surface area (Å²) in [5.41, 5.74) is 8.80. The van der Waals surface area contributed by atoms with Crippen LogP contribution in [0.3, 0.4) is 0 Å². The SMILES string of the molecule is C=CCN(CC=C)C(=S)Nn1cc2c3c(cccc31)C1=CCCN(C)[C@@H]1C2. The topological polar surface area (TPSA) is 23.4 Å². The summed E-state index contributed by atoms with van der Waals surface area (Å²) in [4.78, 5) is 4.52. The molecule has 4 rings (SSSR count). The first-order valence-electron chi connectivity index (χ1n) is 9.45. The zero-order valence-corrected chi connectivity index (χ0v) is 16.6. The maximum absolute atomic E-state index is 5.64. The molecule has 0 bridgehead atoms. The van der Waals surface area contributed by atoms with Gasteiger partial charge in [-0.25, -0.2) is 0 Å². The van der Waals surface area contributed by atoms with Gasteiger partial charge in [0.1, 0.15) is 0 Å². The van der Waals surface area contributed by atoms with E-state index in [1.54, 1.807) is 0 Å². The number of hydrogen-bond acceptors (Lipinski definition) is 2. The molecule has 27 heavy (non-hydrogen) atoms. The highest BCUT2D eigenvalue weighted by molar-refractivity contribution is 7.80. The summed E-state index contributed by atoms with van der Waals surface area (Å²) in [5.74, 6) is 0. The number of rotatable bonds is 5. The van der Waals surface area contributed by atoms with Crippen LogP contribution >= 0.6 is 12.2 Å². The molecule has 140 valence electrons. The Balaban J connectivity index is 1.72. The van der Waals surface area contributed by atoms with Gasteiger partial charge in [-0.15, -0.1) is 13.2 Å². The van der Waals surface area contributed by atoms with E-state index in [1.165, 1.54) is 27.6 Å². The van der Waals surface area contributed by atoms with Gasteiger partial charge in [0.2, 0.25) is 0 Å². The molecular formula is C22H26N4S. The number of likely N-dealkylation sites (N-methyl/N-ethyl adjacent to an activating group) is 1. The molecule has 1 aromatic heterocycles. The van der Waals surface area contributed by atoms with E-state index in [2.05, 4.69) is 65.7 Å². The summed E-state index contributed by atoms with van der Waals surface area (Å²) in [6, 6.07) is 7.04. The van der Waals surface area contributed by atoms with E-state index in [9.17, 15) is 0 Å². The molecular weight excluding hydrogens is 352 g/mol. The molecule has 2 heterocycles. The normalized spacial score (nSPS) is 18.6. The molecule has 0 fully saturated rings. The Bertz CT molecular complexity index is 929. The molecule has 0 unspecified atom stereocenters. The Kier molecular flexibility index (Phi) is 4.89. The van der Waals surface area contributed by atoms with E-state index in [4.69, 9.17) is 12.2 Å². The summed E-state index contributed by atoms with van der Waals surface area (Å²) < 4.78 is 2.08. The van der Waals surface area contributed by atoms with Crippen LogP contribution in [-0.4, -0.2) is 52.3 Å². The van der Waals surface area contributed by atoms with E-state index in [1.807, 2.05) is 17.1 Å². The molecule has 1 N–H and O–H groups in total. The van der Waals surface area contributed by atoms with Crippen molar-refractivity contribution in [2.75, 3.05) is 32.1 Å². The van der Waals surface area contributed by atoms with Crippen molar-refractivity contribution in [2.24, 2.45) is 0 Å². The molecule has 0 saturated heterocycles. The molecule has 0 amide bonds.